The maximum atomic E-state index is 6.56. The van der Waals surface area contributed by atoms with Crippen LogP contribution in [0.15, 0.2) is 0 Å². The van der Waals surface area contributed by atoms with E-state index in [0.717, 1.165) is 38.7 Å². The van der Waals surface area contributed by atoms with Crippen LogP contribution >= 0.6 is 0 Å². The normalized spacial score (nSPS) is 13.2. The Bertz CT molecular complexity index is 277. The first-order valence-corrected chi connectivity index (χ1v) is 13.8. The molecule has 0 aliphatic heterocycles. The van der Waals surface area contributed by atoms with Crippen LogP contribution in [-0.4, -0.2) is 51.3 Å². The fourth-order valence-corrected chi connectivity index (χ4v) is 10.3. The van der Waals surface area contributed by atoms with Crippen molar-refractivity contribution in [1.29, 1.82) is 0 Å². The van der Waals surface area contributed by atoms with Gasteiger partial charge in [0.2, 0.25) is 0 Å². The number of unbranched alkanes of at least 4 members (excludes halogenated alkanes) is 2. The zero-order valence-corrected chi connectivity index (χ0v) is 20.2. The highest BCUT2D eigenvalue weighted by Crippen LogP contribution is 2.42. The third-order valence-electron chi connectivity index (χ3n) is 4.80. The zero-order valence-electron chi connectivity index (χ0n) is 17.8. The number of hydrogen-bond donors (Lipinski definition) is 0. The van der Waals surface area contributed by atoms with Gasteiger partial charge in [-0.2, -0.15) is 0 Å². The molecule has 0 aliphatic carbocycles. The number of ether oxygens (including phenoxy) is 2. The molecular formula is C19H43O4Si2. The summed E-state index contributed by atoms with van der Waals surface area (Å²) >= 11 is 0. The molecule has 0 N–H and O–H groups in total. The monoisotopic (exact) mass is 391 g/mol. The lowest BCUT2D eigenvalue weighted by Gasteiger charge is -2.42. The van der Waals surface area contributed by atoms with Crippen molar-refractivity contribution in [3.05, 3.63) is 6.42 Å². The van der Waals surface area contributed by atoms with Gasteiger partial charge in [-0.15, -0.1) is 0 Å². The van der Waals surface area contributed by atoms with Gasteiger partial charge in [0.05, 0.1) is 0 Å². The van der Waals surface area contributed by atoms with Crippen LogP contribution in [0.2, 0.25) is 22.7 Å². The first kappa shape index (κ1) is 25.3. The van der Waals surface area contributed by atoms with Gasteiger partial charge in [0, 0.05) is 26.4 Å². The number of rotatable bonds is 17. The molecule has 1 radical (unpaired) electrons. The summed E-state index contributed by atoms with van der Waals surface area (Å²) < 4.78 is 22.8. The highest BCUT2D eigenvalue weighted by molar-refractivity contribution is 6.77. The SMILES string of the molecule is CCOCOCCC[CH]CO[SiH2]CCO[Si](C(C)C)(C(C)C)C(C)C. The van der Waals surface area contributed by atoms with Crippen molar-refractivity contribution in [3.8, 4) is 0 Å². The Morgan fingerprint density at radius 1 is 0.920 bits per heavy atom. The van der Waals surface area contributed by atoms with Gasteiger partial charge in [-0.3, -0.25) is 0 Å². The predicted molar refractivity (Wildman–Crippen MR) is 112 cm³/mol. The van der Waals surface area contributed by atoms with Gasteiger partial charge < -0.3 is 18.3 Å². The van der Waals surface area contributed by atoms with E-state index < -0.39 is 18.1 Å². The number of hydrogen-bond acceptors (Lipinski definition) is 4. The van der Waals surface area contributed by atoms with Gasteiger partial charge in [-0.1, -0.05) is 41.5 Å². The van der Waals surface area contributed by atoms with Gasteiger partial charge in [-0.25, -0.2) is 0 Å². The van der Waals surface area contributed by atoms with Crippen molar-refractivity contribution in [2.75, 3.05) is 33.2 Å². The summed E-state index contributed by atoms with van der Waals surface area (Å²) in [6.45, 7) is 19.6. The third kappa shape index (κ3) is 10.3. The van der Waals surface area contributed by atoms with E-state index in [1.807, 2.05) is 6.92 Å². The fraction of sp³-hybridized carbons (Fsp3) is 0.947. The Balaban J connectivity index is 3.68. The summed E-state index contributed by atoms with van der Waals surface area (Å²) in [5, 5.41) is 0. The standard InChI is InChI=1S/C19H43O4Si2/c1-8-20-16-21-12-10-9-11-13-22-24-15-14-23-25(17(2)3,18(4)5)19(6)7/h11,17-19H,8-10,12-16,24H2,1-7H3. The summed E-state index contributed by atoms with van der Waals surface area (Å²) in [6.07, 6.45) is 4.29. The van der Waals surface area contributed by atoms with Crippen molar-refractivity contribution < 1.29 is 18.3 Å². The van der Waals surface area contributed by atoms with Crippen LogP contribution in [0.25, 0.3) is 0 Å². The van der Waals surface area contributed by atoms with E-state index in [0.29, 0.717) is 30.0 Å². The second kappa shape index (κ2) is 15.3. The lowest BCUT2D eigenvalue weighted by Crippen LogP contribution is -2.48. The van der Waals surface area contributed by atoms with Crippen LogP contribution < -0.4 is 0 Å². The van der Waals surface area contributed by atoms with Gasteiger partial charge in [0.15, 0.2) is 18.1 Å². The van der Waals surface area contributed by atoms with Gasteiger partial charge >= 0.3 is 0 Å². The maximum Gasteiger partial charge on any atom is 0.200 e. The second-order valence-electron chi connectivity index (χ2n) is 7.54. The minimum atomic E-state index is -1.69. The molecule has 151 valence electrons. The fourth-order valence-electron chi connectivity index (χ4n) is 3.69. The summed E-state index contributed by atoms with van der Waals surface area (Å²) in [5.41, 5.74) is 1.98. The third-order valence-corrected chi connectivity index (χ3v) is 12.0. The first-order chi connectivity index (χ1) is 11.9. The van der Waals surface area contributed by atoms with Crippen molar-refractivity contribution in [3.63, 3.8) is 0 Å². The van der Waals surface area contributed by atoms with Crippen LogP contribution in [0.5, 0.6) is 0 Å². The van der Waals surface area contributed by atoms with E-state index in [1.54, 1.807) is 0 Å². The summed E-state index contributed by atoms with van der Waals surface area (Å²) in [5.74, 6) is 0. The van der Waals surface area contributed by atoms with Crippen LogP contribution in [0.3, 0.4) is 0 Å². The Morgan fingerprint density at radius 3 is 2.12 bits per heavy atom. The molecule has 0 aliphatic rings. The van der Waals surface area contributed by atoms with E-state index in [4.69, 9.17) is 18.3 Å². The van der Waals surface area contributed by atoms with Gasteiger partial charge in [-0.05, 0) is 48.9 Å². The molecule has 0 bridgehead atoms. The quantitative estimate of drug-likeness (QED) is 0.205. The molecule has 0 spiro atoms. The van der Waals surface area contributed by atoms with E-state index in [9.17, 15) is 0 Å². The molecule has 0 aromatic heterocycles. The van der Waals surface area contributed by atoms with Crippen LogP contribution in [0.1, 0.15) is 61.3 Å². The minimum Gasteiger partial charge on any atom is -0.424 e. The molecule has 0 atom stereocenters. The van der Waals surface area contributed by atoms with Crippen LogP contribution in [-0.2, 0) is 18.3 Å². The van der Waals surface area contributed by atoms with Crippen molar-refractivity contribution in [1.82, 2.24) is 0 Å². The predicted octanol–water partition coefficient (Wildman–Crippen LogP) is 4.69. The Hall–Kier alpha value is 0.274. The molecular weight excluding hydrogens is 348 g/mol. The lowest BCUT2D eigenvalue weighted by atomic mass is 10.2. The highest BCUT2D eigenvalue weighted by atomic mass is 28.4. The van der Waals surface area contributed by atoms with Crippen molar-refractivity contribution >= 4 is 18.1 Å². The van der Waals surface area contributed by atoms with Crippen molar-refractivity contribution in [2.24, 2.45) is 0 Å². The average Bonchev–Trinajstić information content (AvgIpc) is 2.54. The second-order valence-corrected chi connectivity index (χ2v) is 14.5. The largest absolute Gasteiger partial charge is 0.424 e. The topological polar surface area (TPSA) is 36.9 Å². The van der Waals surface area contributed by atoms with E-state index in [1.165, 1.54) is 0 Å². The van der Waals surface area contributed by atoms with Crippen molar-refractivity contribution in [2.45, 2.75) is 84.0 Å². The zero-order chi connectivity index (χ0) is 19.1. The summed E-state index contributed by atoms with van der Waals surface area (Å²) in [4.78, 5) is 0. The molecule has 4 nitrogen and oxygen atoms in total. The molecule has 0 aromatic rings. The molecule has 0 saturated carbocycles. The Labute approximate surface area is 160 Å². The average molecular weight is 392 g/mol. The molecule has 0 fully saturated rings. The molecule has 0 unspecified atom stereocenters. The molecule has 0 heterocycles. The van der Waals surface area contributed by atoms with Crippen LogP contribution in [0, 0.1) is 6.42 Å². The smallest absolute Gasteiger partial charge is 0.200 e. The van der Waals surface area contributed by atoms with Crippen LogP contribution in [0.4, 0.5) is 0 Å². The molecule has 0 amide bonds. The Morgan fingerprint density at radius 2 is 1.56 bits per heavy atom. The Kier molecular flexibility index (Phi) is 15.5. The van der Waals surface area contributed by atoms with Gasteiger partial charge in [0.1, 0.15) is 6.79 Å². The van der Waals surface area contributed by atoms with E-state index in [-0.39, 0.29) is 0 Å². The molecule has 0 rings (SSSR count). The molecule has 0 saturated heterocycles. The van der Waals surface area contributed by atoms with E-state index >= 15 is 0 Å². The highest BCUT2D eigenvalue weighted by Gasteiger charge is 2.44. The lowest BCUT2D eigenvalue weighted by molar-refractivity contribution is -0.0498. The summed E-state index contributed by atoms with van der Waals surface area (Å²) in [6, 6.07) is 1.12. The molecule has 0 aromatic carbocycles. The molecule has 25 heavy (non-hydrogen) atoms. The minimum absolute atomic E-state index is 0.411. The first-order valence-electron chi connectivity index (χ1n) is 10.1. The van der Waals surface area contributed by atoms with Gasteiger partial charge in [0.25, 0.3) is 0 Å². The summed E-state index contributed by atoms with van der Waals surface area (Å²) in [7, 11) is -2.16. The molecule has 6 heteroatoms. The van der Waals surface area contributed by atoms with E-state index in [2.05, 4.69) is 48.0 Å². The maximum absolute atomic E-state index is 6.56.